The number of hydrogen-bond donors (Lipinski definition) is 0. The zero-order valence-electron chi connectivity index (χ0n) is 16.1. The van der Waals surface area contributed by atoms with E-state index in [1.54, 1.807) is 6.21 Å². The first-order chi connectivity index (χ1) is 13.7. The predicted molar refractivity (Wildman–Crippen MR) is 107 cm³/mol. The second kappa shape index (κ2) is 10.2. The van der Waals surface area contributed by atoms with Crippen molar-refractivity contribution in [1.82, 2.24) is 14.9 Å². The number of aryl methyl sites for hydroxylation is 2. The van der Waals surface area contributed by atoms with Gasteiger partial charge in [0.15, 0.2) is 0 Å². The fourth-order valence-corrected chi connectivity index (χ4v) is 2.38. The molecule has 0 aliphatic carbocycles. The van der Waals surface area contributed by atoms with Gasteiger partial charge in [0.25, 0.3) is 0 Å². The molecule has 0 atom stereocenters. The third kappa shape index (κ3) is 6.21. The molecular weight excluding hydrogens is 356 g/mol. The maximum absolute atomic E-state index is 5.68. The monoisotopic (exact) mass is 380 g/mol. The van der Waals surface area contributed by atoms with Gasteiger partial charge in [0.05, 0.1) is 19.4 Å². The van der Waals surface area contributed by atoms with Crippen molar-refractivity contribution in [2.24, 2.45) is 5.10 Å². The second-order valence-electron chi connectivity index (χ2n) is 6.21. The van der Waals surface area contributed by atoms with E-state index >= 15 is 0 Å². The summed E-state index contributed by atoms with van der Waals surface area (Å²) in [6, 6.07) is 13.7. The highest BCUT2D eigenvalue weighted by atomic mass is 16.5. The van der Waals surface area contributed by atoms with Crippen LogP contribution in [0.15, 0.2) is 60.2 Å². The molecule has 0 radical (unpaired) electrons. The van der Waals surface area contributed by atoms with Crippen LogP contribution in [-0.2, 0) is 4.74 Å². The van der Waals surface area contributed by atoms with Crippen LogP contribution < -0.4 is 9.47 Å². The van der Waals surface area contributed by atoms with E-state index in [2.05, 4.69) is 35.2 Å². The Kier molecular flexibility index (Phi) is 7.14. The molecule has 0 aliphatic rings. The summed E-state index contributed by atoms with van der Waals surface area (Å²) >= 11 is 0. The van der Waals surface area contributed by atoms with E-state index in [0.717, 1.165) is 17.1 Å². The Morgan fingerprint density at radius 1 is 0.821 bits per heavy atom. The van der Waals surface area contributed by atoms with Crippen molar-refractivity contribution < 1.29 is 14.2 Å². The summed E-state index contributed by atoms with van der Waals surface area (Å²) in [6.07, 6.45) is 4.79. The summed E-state index contributed by atoms with van der Waals surface area (Å²) in [5.41, 5.74) is 3.44. The van der Waals surface area contributed by atoms with Gasteiger partial charge in [-0.2, -0.15) is 5.10 Å². The van der Waals surface area contributed by atoms with Gasteiger partial charge in [0.2, 0.25) is 0 Å². The molecule has 1 heterocycles. The van der Waals surface area contributed by atoms with Crippen LogP contribution in [-0.4, -0.2) is 47.5 Å². The van der Waals surface area contributed by atoms with Crippen LogP contribution in [0.25, 0.3) is 0 Å². The summed E-state index contributed by atoms with van der Waals surface area (Å²) in [5.74, 6) is 1.66. The van der Waals surface area contributed by atoms with Crippen LogP contribution >= 0.6 is 0 Å². The minimum Gasteiger partial charge on any atom is -0.491 e. The van der Waals surface area contributed by atoms with E-state index in [0.29, 0.717) is 26.4 Å². The minimum atomic E-state index is 0.484. The van der Waals surface area contributed by atoms with Gasteiger partial charge in [0, 0.05) is 0 Å². The van der Waals surface area contributed by atoms with Crippen LogP contribution in [0, 0.1) is 13.8 Å². The molecule has 28 heavy (non-hydrogen) atoms. The van der Waals surface area contributed by atoms with E-state index < -0.39 is 0 Å². The van der Waals surface area contributed by atoms with Gasteiger partial charge in [-0.25, -0.2) is 4.68 Å². The molecule has 7 nitrogen and oxygen atoms in total. The van der Waals surface area contributed by atoms with E-state index in [1.165, 1.54) is 28.5 Å². The molecule has 0 aliphatic heterocycles. The van der Waals surface area contributed by atoms with Gasteiger partial charge in [-0.1, -0.05) is 6.07 Å². The molecular formula is C21H24N4O3. The standard InChI is InChI=1S/C21H24N4O3/c1-17-3-6-21(13-18(17)2)28-12-10-26-9-11-27-20-7-4-19(5-8-20)14-24-25-15-22-23-16-25/h3-8,13-16H,9-12H2,1-2H3/b24-14-. The first-order valence-electron chi connectivity index (χ1n) is 9.10. The van der Waals surface area contributed by atoms with Gasteiger partial charge < -0.3 is 14.2 Å². The lowest BCUT2D eigenvalue weighted by atomic mass is 10.1. The molecule has 7 heteroatoms. The third-order valence-corrected chi connectivity index (χ3v) is 4.10. The van der Waals surface area contributed by atoms with E-state index in [9.17, 15) is 0 Å². The molecule has 0 amide bonds. The van der Waals surface area contributed by atoms with E-state index in [-0.39, 0.29) is 0 Å². The maximum atomic E-state index is 5.68. The number of nitrogens with zero attached hydrogens (tertiary/aromatic N) is 4. The van der Waals surface area contributed by atoms with Crippen LogP contribution in [0.4, 0.5) is 0 Å². The molecule has 0 fully saturated rings. The Balaban J connectivity index is 1.29. The van der Waals surface area contributed by atoms with Gasteiger partial charge >= 0.3 is 0 Å². The predicted octanol–water partition coefficient (Wildman–Crippen LogP) is 3.25. The van der Waals surface area contributed by atoms with Crippen molar-refractivity contribution in [3.63, 3.8) is 0 Å². The summed E-state index contributed by atoms with van der Waals surface area (Å²) in [6.45, 7) is 6.19. The zero-order chi connectivity index (χ0) is 19.6. The molecule has 0 unspecified atom stereocenters. The normalized spacial score (nSPS) is 11.1. The molecule has 146 valence electrons. The van der Waals surface area contributed by atoms with Gasteiger partial charge in [-0.05, 0) is 66.9 Å². The number of benzene rings is 2. The Hall–Kier alpha value is -3.19. The van der Waals surface area contributed by atoms with Crippen molar-refractivity contribution in [3.05, 3.63) is 71.8 Å². The smallest absolute Gasteiger partial charge is 0.141 e. The summed E-state index contributed by atoms with van der Waals surface area (Å²) < 4.78 is 18.4. The number of ether oxygens (including phenoxy) is 3. The lowest BCUT2D eigenvalue weighted by Gasteiger charge is -2.10. The SMILES string of the molecule is Cc1ccc(OCCOCCOc2ccc(/C=N\n3cnnc3)cc2)cc1C. The van der Waals surface area contributed by atoms with Gasteiger partial charge in [-0.15, -0.1) is 10.2 Å². The average Bonchev–Trinajstić information content (AvgIpc) is 3.23. The van der Waals surface area contributed by atoms with Crippen LogP contribution in [0.3, 0.4) is 0 Å². The van der Waals surface area contributed by atoms with Crippen molar-refractivity contribution in [2.45, 2.75) is 13.8 Å². The molecule has 2 aromatic carbocycles. The highest BCUT2D eigenvalue weighted by Gasteiger charge is 1.98. The van der Waals surface area contributed by atoms with Crippen molar-refractivity contribution in [2.75, 3.05) is 26.4 Å². The summed E-state index contributed by atoms with van der Waals surface area (Å²) in [4.78, 5) is 0. The highest BCUT2D eigenvalue weighted by molar-refractivity contribution is 5.79. The van der Waals surface area contributed by atoms with Crippen LogP contribution in [0.1, 0.15) is 16.7 Å². The van der Waals surface area contributed by atoms with E-state index in [1.807, 2.05) is 36.4 Å². The van der Waals surface area contributed by atoms with Crippen molar-refractivity contribution in [1.29, 1.82) is 0 Å². The molecule has 1 aromatic heterocycles. The Labute approximate surface area is 164 Å². The second-order valence-corrected chi connectivity index (χ2v) is 6.21. The Morgan fingerprint density at radius 3 is 2.14 bits per heavy atom. The van der Waals surface area contributed by atoms with Crippen LogP contribution in [0.2, 0.25) is 0 Å². The van der Waals surface area contributed by atoms with Gasteiger partial charge in [-0.3, -0.25) is 0 Å². The van der Waals surface area contributed by atoms with Gasteiger partial charge in [0.1, 0.15) is 37.4 Å². The molecule has 0 saturated carbocycles. The van der Waals surface area contributed by atoms with E-state index in [4.69, 9.17) is 14.2 Å². The van der Waals surface area contributed by atoms with Crippen molar-refractivity contribution >= 4 is 6.21 Å². The molecule has 0 N–H and O–H groups in total. The quantitative estimate of drug-likeness (QED) is 0.399. The molecule has 3 rings (SSSR count). The van der Waals surface area contributed by atoms with Crippen molar-refractivity contribution in [3.8, 4) is 11.5 Å². The third-order valence-electron chi connectivity index (χ3n) is 4.10. The molecule has 0 spiro atoms. The lowest BCUT2D eigenvalue weighted by Crippen LogP contribution is -2.12. The summed E-state index contributed by atoms with van der Waals surface area (Å²) in [5, 5.41) is 11.6. The maximum Gasteiger partial charge on any atom is 0.141 e. The first kappa shape index (κ1) is 19.6. The molecule has 3 aromatic rings. The average molecular weight is 380 g/mol. The molecule has 0 bridgehead atoms. The first-order valence-corrected chi connectivity index (χ1v) is 9.10. The number of hydrogen-bond acceptors (Lipinski definition) is 6. The number of aromatic nitrogens is 3. The number of rotatable bonds is 10. The zero-order valence-corrected chi connectivity index (χ0v) is 16.1. The van der Waals surface area contributed by atoms with Crippen LogP contribution in [0.5, 0.6) is 11.5 Å². The summed E-state index contributed by atoms with van der Waals surface area (Å²) in [7, 11) is 0. The topological polar surface area (TPSA) is 70.8 Å². The largest absolute Gasteiger partial charge is 0.491 e. The molecule has 0 saturated heterocycles. The fraction of sp³-hybridized carbons (Fsp3) is 0.286. The lowest BCUT2D eigenvalue weighted by molar-refractivity contribution is 0.0764. The minimum absolute atomic E-state index is 0.484. The fourth-order valence-electron chi connectivity index (χ4n) is 2.38. The Morgan fingerprint density at radius 2 is 1.46 bits per heavy atom. The Bertz CT molecular complexity index is 877. The highest BCUT2D eigenvalue weighted by Crippen LogP contribution is 2.16.